The summed E-state index contributed by atoms with van der Waals surface area (Å²) in [5, 5.41) is 13.7. The molecular weight excluding hydrogens is 358 g/mol. The van der Waals surface area contributed by atoms with Gasteiger partial charge in [-0.15, -0.1) is 17.5 Å². The van der Waals surface area contributed by atoms with Crippen molar-refractivity contribution >= 4 is 18.3 Å². The van der Waals surface area contributed by atoms with E-state index in [-0.39, 0.29) is 23.9 Å². The van der Waals surface area contributed by atoms with E-state index in [1.54, 1.807) is 24.0 Å². The lowest BCUT2D eigenvalue weighted by Crippen LogP contribution is -2.32. The summed E-state index contributed by atoms with van der Waals surface area (Å²) < 4.78 is 7.13. The highest BCUT2D eigenvalue weighted by atomic mass is 35.5. The third-order valence-electron chi connectivity index (χ3n) is 4.42. The fourth-order valence-corrected chi connectivity index (χ4v) is 3.09. The van der Waals surface area contributed by atoms with E-state index < -0.39 is 11.5 Å². The fraction of sp³-hybridized carbons (Fsp3) is 0.529. The van der Waals surface area contributed by atoms with E-state index in [4.69, 9.17) is 4.42 Å². The van der Waals surface area contributed by atoms with Crippen LogP contribution in [0.15, 0.2) is 27.7 Å². The summed E-state index contributed by atoms with van der Waals surface area (Å²) in [7, 11) is 0. The first-order valence-corrected chi connectivity index (χ1v) is 8.63. The summed E-state index contributed by atoms with van der Waals surface area (Å²) in [6.07, 6.45) is 6.12. The number of rotatable bonds is 6. The molecule has 1 fully saturated rings. The fourth-order valence-electron chi connectivity index (χ4n) is 3.09. The molecule has 2 aromatic heterocycles. The van der Waals surface area contributed by atoms with Crippen molar-refractivity contribution < 1.29 is 9.21 Å². The van der Waals surface area contributed by atoms with Crippen molar-refractivity contribution in [2.45, 2.75) is 38.6 Å². The summed E-state index contributed by atoms with van der Waals surface area (Å²) in [5.41, 5.74) is 0.188. The van der Waals surface area contributed by atoms with Crippen LogP contribution in [0.5, 0.6) is 0 Å². The van der Waals surface area contributed by atoms with Gasteiger partial charge in [0.15, 0.2) is 0 Å². The van der Waals surface area contributed by atoms with Gasteiger partial charge >= 0.3 is 5.63 Å². The minimum atomic E-state index is -0.561. The second-order valence-electron chi connectivity index (χ2n) is 6.31. The maximum Gasteiger partial charge on any atom is 0.349 e. The number of carbonyl (C=O) groups is 1. The number of nitrogens with one attached hydrogen (secondary N) is 2. The zero-order valence-electron chi connectivity index (χ0n) is 14.7. The van der Waals surface area contributed by atoms with Gasteiger partial charge in [0.25, 0.3) is 5.91 Å². The van der Waals surface area contributed by atoms with E-state index in [0.29, 0.717) is 30.8 Å². The normalized spacial score (nSPS) is 16.7. The Morgan fingerprint density at radius 3 is 3.00 bits per heavy atom. The Balaban J connectivity index is 0.00000243. The highest BCUT2D eigenvalue weighted by Gasteiger charge is 2.22. The summed E-state index contributed by atoms with van der Waals surface area (Å²) >= 11 is 0. The van der Waals surface area contributed by atoms with Crippen LogP contribution >= 0.6 is 12.4 Å². The number of halogens is 1. The van der Waals surface area contributed by atoms with Crippen molar-refractivity contribution in [3.05, 3.63) is 45.8 Å². The van der Waals surface area contributed by atoms with Crippen LogP contribution in [0.3, 0.4) is 0 Å². The molecule has 1 atom stereocenters. The van der Waals surface area contributed by atoms with Crippen molar-refractivity contribution in [3.8, 4) is 0 Å². The second kappa shape index (κ2) is 9.49. The Hall–Kier alpha value is -2.19. The molecule has 142 valence electrons. The van der Waals surface area contributed by atoms with Gasteiger partial charge < -0.3 is 15.1 Å². The number of hydrogen-bond donors (Lipinski definition) is 2. The van der Waals surface area contributed by atoms with Gasteiger partial charge in [-0.2, -0.15) is 0 Å². The van der Waals surface area contributed by atoms with E-state index in [1.165, 1.54) is 0 Å². The highest BCUT2D eigenvalue weighted by Crippen LogP contribution is 2.23. The van der Waals surface area contributed by atoms with Crippen LogP contribution < -0.4 is 16.3 Å². The Kier molecular flexibility index (Phi) is 7.35. The average Bonchev–Trinajstić information content (AvgIpc) is 3.12. The molecule has 8 nitrogen and oxygen atoms in total. The first-order chi connectivity index (χ1) is 12.1. The highest BCUT2D eigenvalue weighted by molar-refractivity contribution is 5.95. The van der Waals surface area contributed by atoms with Gasteiger partial charge in [-0.3, -0.25) is 9.48 Å². The molecule has 1 aliphatic heterocycles. The lowest BCUT2D eigenvalue weighted by Gasteiger charge is -2.22. The topological polar surface area (TPSA) is 102 Å². The van der Waals surface area contributed by atoms with Crippen molar-refractivity contribution in [2.75, 3.05) is 19.6 Å². The molecule has 0 saturated carbocycles. The first kappa shape index (κ1) is 20.1. The molecule has 26 heavy (non-hydrogen) atoms. The van der Waals surface area contributed by atoms with E-state index >= 15 is 0 Å². The minimum Gasteiger partial charge on any atom is -0.427 e. The summed E-state index contributed by atoms with van der Waals surface area (Å²) in [4.78, 5) is 24.6. The maximum absolute atomic E-state index is 12.3. The lowest BCUT2D eigenvalue weighted by atomic mass is 9.95. The van der Waals surface area contributed by atoms with E-state index in [1.807, 2.05) is 6.07 Å². The van der Waals surface area contributed by atoms with Crippen LogP contribution in [0, 0.1) is 6.92 Å². The van der Waals surface area contributed by atoms with Crippen molar-refractivity contribution in [2.24, 2.45) is 0 Å². The monoisotopic (exact) mass is 381 g/mol. The van der Waals surface area contributed by atoms with Crippen molar-refractivity contribution in [1.82, 2.24) is 25.6 Å². The smallest absolute Gasteiger partial charge is 0.349 e. The quantitative estimate of drug-likeness (QED) is 0.730. The van der Waals surface area contributed by atoms with Crippen LogP contribution in [0.1, 0.15) is 46.9 Å². The van der Waals surface area contributed by atoms with Gasteiger partial charge in [0, 0.05) is 31.7 Å². The Morgan fingerprint density at radius 2 is 2.35 bits per heavy atom. The molecule has 0 radical (unpaired) electrons. The minimum absolute atomic E-state index is 0. The molecule has 2 N–H and O–H groups in total. The molecule has 0 spiro atoms. The Bertz CT molecular complexity index is 769. The van der Waals surface area contributed by atoms with E-state index in [0.717, 1.165) is 25.9 Å². The molecule has 3 heterocycles. The SMILES string of the molecule is Cc1cc(C2CCCNC2)oc(=O)c1C(=O)NCCCn1ccnn1.Cl. The lowest BCUT2D eigenvalue weighted by molar-refractivity contribution is 0.0947. The van der Waals surface area contributed by atoms with Crippen LogP contribution in [-0.4, -0.2) is 40.5 Å². The zero-order valence-corrected chi connectivity index (χ0v) is 15.6. The molecule has 2 aromatic rings. The Labute approximate surface area is 157 Å². The van der Waals surface area contributed by atoms with Gasteiger partial charge in [0.05, 0.1) is 6.20 Å². The van der Waals surface area contributed by atoms with Crippen LogP contribution in [-0.2, 0) is 6.54 Å². The summed E-state index contributed by atoms with van der Waals surface area (Å²) in [6, 6.07) is 1.82. The standard InChI is InChI=1S/C17H23N5O3.ClH/c1-12-10-14(13-4-2-5-18-11-13)25-17(24)15(12)16(23)19-6-3-8-22-9-7-20-21-22;/h7,9-10,13,18H,2-6,8,11H2,1H3,(H,19,23);1H. The Morgan fingerprint density at radius 1 is 1.50 bits per heavy atom. The molecule has 1 aliphatic rings. The molecule has 1 amide bonds. The van der Waals surface area contributed by atoms with Crippen LogP contribution in [0.4, 0.5) is 0 Å². The summed E-state index contributed by atoms with van der Waals surface area (Å²) in [6.45, 7) is 4.68. The molecule has 0 aliphatic carbocycles. The molecule has 3 rings (SSSR count). The molecular formula is C17H24ClN5O3. The number of aromatic nitrogens is 3. The van der Waals surface area contributed by atoms with Gasteiger partial charge in [-0.05, 0) is 44.4 Å². The van der Waals surface area contributed by atoms with Crippen molar-refractivity contribution in [1.29, 1.82) is 0 Å². The number of aryl methyl sites for hydroxylation is 2. The second-order valence-corrected chi connectivity index (χ2v) is 6.31. The number of piperidine rings is 1. The first-order valence-electron chi connectivity index (χ1n) is 8.63. The molecule has 1 unspecified atom stereocenters. The van der Waals surface area contributed by atoms with Gasteiger partial charge in [0.1, 0.15) is 11.3 Å². The van der Waals surface area contributed by atoms with E-state index in [9.17, 15) is 9.59 Å². The number of hydrogen-bond acceptors (Lipinski definition) is 6. The van der Waals surface area contributed by atoms with Gasteiger partial charge in [-0.25, -0.2) is 4.79 Å². The zero-order chi connectivity index (χ0) is 17.6. The largest absolute Gasteiger partial charge is 0.427 e. The predicted molar refractivity (Wildman–Crippen MR) is 98.8 cm³/mol. The average molecular weight is 382 g/mol. The molecule has 9 heteroatoms. The molecule has 1 saturated heterocycles. The number of carbonyl (C=O) groups excluding carboxylic acids is 1. The maximum atomic E-state index is 12.3. The van der Waals surface area contributed by atoms with Gasteiger partial charge in [0.2, 0.25) is 0 Å². The third-order valence-corrected chi connectivity index (χ3v) is 4.42. The molecule has 0 aromatic carbocycles. The van der Waals surface area contributed by atoms with Crippen LogP contribution in [0.25, 0.3) is 0 Å². The van der Waals surface area contributed by atoms with E-state index in [2.05, 4.69) is 20.9 Å². The van der Waals surface area contributed by atoms with Crippen LogP contribution in [0.2, 0.25) is 0 Å². The molecule has 0 bridgehead atoms. The third kappa shape index (κ3) is 4.92. The van der Waals surface area contributed by atoms with Gasteiger partial charge in [-0.1, -0.05) is 5.21 Å². The summed E-state index contributed by atoms with van der Waals surface area (Å²) in [5.74, 6) is 0.468. The predicted octanol–water partition coefficient (Wildman–Crippen LogP) is 1.25. The number of amides is 1. The van der Waals surface area contributed by atoms with Crippen molar-refractivity contribution in [3.63, 3.8) is 0 Å². The number of nitrogens with zero attached hydrogens (tertiary/aromatic N) is 3.